The Kier molecular flexibility index (Phi) is 5.95. The van der Waals surface area contributed by atoms with Crippen LogP contribution in [0.15, 0.2) is 53.5 Å². The maximum absolute atomic E-state index is 13.1. The number of hydrogen-bond donors (Lipinski definition) is 2. The van der Waals surface area contributed by atoms with Crippen LogP contribution in [0, 0.1) is 12.7 Å². The van der Waals surface area contributed by atoms with Gasteiger partial charge in [0.05, 0.1) is 0 Å². The van der Waals surface area contributed by atoms with Gasteiger partial charge in [-0.25, -0.2) is 4.39 Å². The molecule has 0 radical (unpaired) electrons. The van der Waals surface area contributed by atoms with E-state index in [0.717, 1.165) is 24.5 Å². The van der Waals surface area contributed by atoms with Gasteiger partial charge in [0.15, 0.2) is 5.96 Å². The van der Waals surface area contributed by atoms with Crippen molar-refractivity contribution in [2.24, 2.45) is 4.99 Å². The van der Waals surface area contributed by atoms with E-state index in [4.69, 9.17) is 0 Å². The predicted octanol–water partition coefficient (Wildman–Crippen LogP) is 3.04. The zero-order valence-corrected chi connectivity index (χ0v) is 13.1. The Labute approximate surface area is 131 Å². The number of aliphatic imine (C=N–C) groups is 1. The van der Waals surface area contributed by atoms with E-state index in [2.05, 4.69) is 34.7 Å². The largest absolute Gasteiger partial charge is 0.356 e. The van der Waals surface area contributed by atoms with Crippen molar-refractivity contribution in [3.8, 4) is 0 Å². The SMILES string of the molecule is CN=C(NCCc1cccc(F)c1)NCc1ccccc1C. The van der Waals surface area contributed by atoms with Crippen LogP contribution in [-0.2, 0) is 13.0 Å². The second kappa shape index (κ2) is 8.17. The summed E-state index contributed by atoms with van der Waals surface area (Å²) in [5.74, 6) is 0.555. The first-order chi connectivity index (χ1) is 10.7. The number of benzene rings is 2. The molecule has 0 aliphatic heterocycles. The first-order valence-electron chi connectivity index (χ1n) is 7.42. The first-order valence-corrected chi connectivity index (χ1v) is 7.42. The molecular weight excluding hydrogens is 277 g/mol. The molecule has 0 aromatic heterocycles. The van der Waals surface area contributed by atoms with Crippen LogP contribution in [0.5, 0.6) is 0 Å². The number of guanidine groups is 1. The highest BCUT2D eigenvalue weighted by Crippen LogP contribution is 2.06. The standard InChI is InChI=1S/C18H22FN3/c1-14-6-3-4-8-16(14)13-22-18(20-2)21-11-10-15-7-5-9-17(19)12-15/h3-9,12H,10-11,13H2,1-2H3,(H2,20,21,22). The van der Waals surface area contributed by atoms with Crippen LogP contribution in [-0.4, -0.2) is 19.6 Å². The molecule has 0 heterocycles. The third-order valence-corrected chi connectivity index (χ3v) is 3.53. The molecule has 0 fully saturated rings. The summed E-state index contributed by atoms with van der Waals surface area (Å²) in [6.07, 6.45) is 0.753. The Morgan fingerprint density at radius 2 is 1.91 bits per heavy atom. The van der Waals surface area contributed by atoms with Gasteiger partial charge in [-0.3, -0.25) is 4.99 Å². The van der Waals surface area contributed by atoms with Gasteiger partial charge in [-0.15, -0.1) is 0 Å². The Morgan fingerprint density at radius 3 is 2.64 bits per heavy atom. The van der Waals surface area contributed by atoms with E-state index >= 15 is 0 Å². The van der Waals surface area contributed by atoms with Crippen LogP contribution in [0.25, 0.3) is 0 Å². The van der Waals surface area contributed by atoms with Crippen molar-refractivity contribution in [1.82, 2.24) is 10.6 Å². The zero-order chi connectivity index (χ0) is 15.8. The lowest BCUT2D eigenvalue weighted by Gasteiger charge is -2.13. The third-order valence-electron chi connectivity index (χ3n) is 3.53. The lowest BCUT2D eigenvalue weighted by molar-refractivity contribution is 0.625. The summed E-state index contributed by atoms with van der Waals surface area (Å²) < 4.78 is 13.1. The number of aryl methyl sites for hydroxylation is 1. The second-order valence-corrected chi connectivity index (χ2v) is 5.16. The van der Waals surface area contributed by atoms with Gasteiger partial charge < -0.3 is 10.6 Å². The van der Waals surface area contributed by atoms with E-state index in [9.17, 15) is 4.39 Å². The quantitative estimate of drug-likeness (QED) is 0.657. The van der Waals surface area contributed by atoms with Crippen LogP contribution < -0.4 is 10.6 Å². The van der Waals surface area contributed by atoms with Gasteiger partial charge in [0, 0.05) is 20.1 Å². The van der Waals surface area contributed by atoms with E-state index < -0.39 is 0 Å². The molecular formula is C18H22FN3. The molecule has 2 aromatic carbocycles. The molecule has 0 saturated carbocycles. The van der Waals surface area contributed by atoms with E-state index in [1.165, 1.54) is 17.2 Å². The van der Waals surface area contributed by atoms with Crippen molar-refractivity contribution in [2.75, 3.05) is 13.6 Å². The summed E-state index contributed by atoms with van der Waals surface area (Å²) in [6.45, 7) is 3.53. The van der Waals surface area contributed by atoms with E-state index in [0.29, 0.717) is 6.54 Å². The lowest BCUT2D eigenvalue weighted by atomic mass is 10.1. The highest BCUT2D eigenvalue weighted by atomic mass is 19.1. The topological polar surface area (TPSA) is 36.4 Å². The van der Waals surface area contributed by atoms with Crippen molar-refractivity contribution in [3.05, 3.63) is 71.0 Å². The number of nitrogens with zero attached hydrogens (tertiary/aromatic N) is 1. The van der Waals surface area contributed by atoms with E-state index in [1.54, 1.807) is 19.2 Å². The van der Waals surface area contributed by atoms with Gasteiger partial charge in [0.1, 0.15) is 5.82 Å². The van der Waals surface area contributed by atoms with Crippen LogP contribution in [0.4, 0.5) is 4.39 Å². The van der Waals surface area contributed by atoms with Crippen molar-refractivity contribution in [2.45, 2.75) is 19.9 Å². The zero-order valence-electron chi connectivity index (χ0n) is 13.1. The highest BCUT2D eigenvalue weighted by Gasteiger charge is 2.01. The Bertz CT molecular complexity index is 638. The summed E-state index contributed by atoms with van der Waals surface area (Å²) in [4.78, 5) is 4.20. The third kappa shape index (κ3) is 4.88. The lowest BCUT2D eigenvalue weighted by Crippen LogP contribution is -2.38. The molecule has 22 heavy (non-hydrogen) atoms. The van der Waals surface area contributed by atoms with Gasteiger partial charge in [0.25, 0.3) is 0 Å². The number of halogens is 1. The fourth-order valence-electron chi connectivity index (χ4n) is 2.23. The molecule has 2 N–H and O–H groups in total. The van der Waals surface area contributed by atoms with Crippen LogP contribution in [0.2, 0.25) is 0 Å². The Balaban J connectivity index is 1.79. The van der Waals surface area contributed by atoms with Gasteiger partial charge >= 0.3 is 0 Å². The fraction of sp³-hybridized carbons (Fsp3) is 0.278. The average Bonchev–Trinajstić information content (AvgIpc) is 2.52. The molecule has 0 saturated heterocycles. The molecule has 2 rings (SSSR count). The number of hydrogen-bond acceptors (Lipinski definition) is 1. The minimum absolute atomic E-state index is 0.195. The van der Waals surface area contributed by atoms with Crippen molar-refractivity contribution >= 4 is 5.96 Å². The average molecular weight is 299 g/mol. The summed E-state index contributed by atoms with van der Waals surface area (Å²) in [7, 11) is 1.75. The minimum atomic E-state index is -0.195. The normalized spacial score (nSPS) is 11.3. The summed E-state index contributed by atoms with van der Waals surface area (Å²) in [5.41, 5.74) is 3.47. The molecule has 116 valence electrons. The minimum Gasteiger partial charge on any atom is -0.356 e. The molecule has 3 nitrogen and oxygen atoms in total. The Morgan fingerprint density at radius 1 is 1.09 bits per heavy atom. The molecule has 2 aromatic rings. The molecule has 0 aliphatic rings. The number of rotatable bonds is 5. The monoisotopic (exact) mass is 299 g/mol. The summed E-state index contributed by atoms with van der Waals surface area (Å²) in [6, 6.07) is 14.9. The summed E-state index contributed by atoms with van der Waals surface area (Å²) >= 11 is 0. The molecule has 0 spiro atoms. The van der Waals surface area contributed by atoms with Crippen LogP contribution >= 0.6 is 0 Å². The van der Waals surface area contributed by atoms with Gasteiger partial charge in [-0.1, -0.05) is 36.4 Å². The highest BCUT2D eigenvalue weighted by molar-refractivity contribution is 5.79. The molecule has 0 bridgehead atoms. The van der Waals surface area contributed by atoms with E-state index in [1.807, 2.05) is 18.2 Å². The van der Waals surface area contributed by atoms with Gasteiger partial charge in [0.2, 0.25) is 0 Å². The van der Waals surface area contributed by atoms with Gasteiger partial charge in [-0.05, 0) is 42.2 Å². The molecule has 0 unspecified atom stereocenters. The Hall–Kier alpha value is -2.36. The smallest absolute Gasteiger partial charge is 0.191 e. The van der Waals surface area contributed by atoms with Crippen molar-refractivity contribution in [1.29, 1.82) is 0 Å². The molecule has 4 heteroatoms. The summed E-state index contributed by atoms with van der Waals surface area (Å²) in [5, 5.41) is 6.53. The molecule has 0 amide bonds. The molecule has 0 atom stereocenters. The second-order valence-electron chi connectivity index (χ2n) is 5.16. The van der Waals surface area contributed by atoms with E-state index in [-0.39, 0.29) is 5.82 Å². The number of nitrogens with one attached hydrogen (secondary N) is 2. The van der Waals surface area contributed by atoms with Crippen LogP contribution in [0.1, 0.15) is 16.7 Å². The van der Waals surface area contributed by atoms with Crippen LogP contribution in [0.3, 0.4) is 0 Å². The van der Waals surface area contributed by atoms with Gasteiger partial charge in [-0.2, -0.15) is 0 Å². The fourth-order valence-corrected chi connectivity index (χ4v) is 2.23. The maximum atomic E-state index is 13.1. The van der Waals surface area contributed by atoms with Crippen molar-refractivity contribution < 1.29 is 4.39 Å². The first kappa shape index (κ1) is 16.0. The molecule has 0 aliphatic carbocycles. The predicted molar refractivity (Wildman–Crippen MR) is 89.5 cm³/mol. The maximum Gasteiger partial charge on any atom is 0.191 e. The van der Waals surface area contributed by atoms with Crippen molar-refractivity contribution in [3.63, 3.8) is 0 Å².